The van der Waals surface area contributed by atoms with Crippen LogP contribution in [0.3, 0.4) is 0 Å². The summed E-state index contributed by atoms with van der Waals surface area (Å²) in [6, 6.07) is 6.88. The van der Waals surface area contributed by atoms with Gasteiger partial charge in [0.2, 0.25) is 0 Å². The minimum atomic E-state index is -0.777. The first-order chi connectivity index (χ1) is 10.8. The van der Waals surface area contributed by atoms with Crippen molar-refractivity contribution in [2.75, 3.05) is 5.32 Å². The molecule has 1 N–H and O–H groups in total. The van der Waals surface area contributed by atoms with Crippen molar-refractivity contribution in [3.63, 3.8) is 0 Å². The third-order valence-corrected chi connectivity index (χ3v) is 3.47. The number of halogens is 2. The minimum Gasteiger partial charge on any atom is -0.320 e. The fourth-order valence-corrected chi connectivity index (χ4v) is 2.08. The van der Waals surface area contributed by atoms with Gasteiger partial charge in [0.25, 0.3) is 17.3 Å². The summed E-state index contributed by atoms with van der Waals surface area (Å²) < 4.78 is 0. The Balaban J connectivity index is 2.36. The summed E-state index contributed by atoms with van der Waals surface area (Å²) in [5.41, 5.74) is -0.739. The van der Waals surface area contributed by atoms with Crippen LogP contribution in [-0.2, 0) is 0 Å². The van der Waals surface area contributed by atoms with Crippen LogP contribution >= 0.6 is 23.2 Å². The molecule has 0 fully saturated rings. The lowest BCUT2D eigenvalue weighted by Gasteiger charge is -2.08. The van der Waals surface area contributed by atoms with Gasteiger partial charge < -0.3 is 5.32 Å². The molecule has 23 heavy (non-hydrogen) atoms. The zero-order valence-corrected chi connectivity index (χ0v) is 12.7. The van der Waals surface area contributed by atoms with Crippen molar-refractivity contribution in [3.05, 3.63) is 72.2 Å². The van der Waals surface area contributed by atoms with Gasteiger partial charge in [-0.2, -0.15) is 0 Å². The van der Waals surface area contributed by atoms with Crippen molar-refractivity contribution < 1.29 is 14.6 Å². The van der Waals surface area contributed by atoms with Gasteiger partial charge in [-0.3, -0.25) is 25.0 Å². The molecule has 0 aliphatic heterocycles. The van der Waals surface area contributed by atoms with Crippen molar-refractivity contribution in [2.24, 2.45) is 0 Å². The zero-order chi connectivity index (χ0) is 17.1. The smallest absolute Gasteiger partial charge is 0.271 e. The Bertz CT molecular complexity index is 825. The van der Waals surface area contributed by atoms with Gasteiger partial charge in [0.05, 0.1) is 31.1 Å². The summed E-state index contributed by atoms with van der Waals surface area (Å²) in [6.45, 7) is 0. The van der Waals surface area contributed by atoms with Crippen LogP contribution in [0.25, 0.3) is 0 Å². The molecule has 0 spiro atoms. The van der Waals surface area contributed by atoms with Gasteiger partial charge >= 0.3 is 0 Å². The molecule has 1 amide bonds. The molecular formula is C13H7Cl2N3O5. The summed E-state index contributed by atoms with van der Waals surface area (Å²) in [5, 5.41) is 23.9. The molecule has 10 heteroatoms. The molecule has 0 aliphatic rings. The second kappa shape index (κ2) is 6.59. The van der Waals surface area contributed by atoms with Crippen LogP contribution in [0.2, 0.25) is 10.0 Å². The average molecular weight is 356 g/mol. The maximum atomic E-state index is 12.2. The molecule has 0 aliphatic carbocycles. The first-order valence-corrected chi connectivity index (χ1v) is 6.74. The van der Waals surface area contributed by atoms with Gasteiger partial charge in [0.1, 0.15) is 0 Å². The van der Waals surface area contributed by atoms with E-state index in [1.807, 2.05) is 0 Å². The normalized spacial score (nSPS) is 10.2. The van der Waals surface area contributed by atoms with Gasteiger partial charge in [-0.1, -0.05) is 23.2 Å². The second-order valence-electron chi connectivity index (χ2n) is 4.30. The quantitative estimate of drug-likeness (QED) is 0.655. The van der Waals surface area contributed by atoms with Gasteiger partial charge in [-0.05, 0) is 12.1 Å². The number of benzene rings is 2. The molecule has 2 aromatic carbocycles. The fourth-order valence-electron chi connectivity index (χ4n) is 1.71. The first kappa shape index (κ1) is 16.7. The van der Waals surface area contributed by atoms with E-state index in [9.17, 15) is 25.0 Å². The minimum absolute atomic E-state index is 0.00495. The number of nitro groups is 2. The van der Waals surface area contributed by atoms with Crippen LogP contribution < -0.4 is 5.32 Å². The molecule has 0 aromatic heterocycles. The number of carbonyl (C=O) groups excluding carboxylic acids is 1. The molecule has 0 heterocycles. The highest BCUT2D eigenvalue weighted by Crippen LogP contribution is 2.28. The Kier molecular flexibility index (Phi) is 4.77. The van der Waals surface area contributed by atoms with Gasteiger partial charge in [-0.15, -0.1) is 0 Å². The first-order valence-electron chi connectivity index (χ1n) is 5.99. The zero-order valence-electron chi connectivity index (χ0n) is 11.2. The number of nitro benzene ring substituents is 2. The molecule has 2 rings (SSSR count). The SMILES string of the molecule is O=C(Nc1cc([N+](=O)[O-])ccc1Cl)c1cc([N+](=O)[O-])ccc1Cl. The highest BCUT2D eigenvalue weighted by atomic mass is 35.5. The van der Waals surface area contributed by atoms with E-state index in [4.69, 9.17) is 23.2 Å². The lowest BCUT2D eigenvalue weighted by atomic mass is 10.1. The average Bonchev–Trinajstić information content (AvgIpc) is 2.49. The van der Waals surface area contributed by atoms with Crippen molar-refractivity contribution in [2.45, 2.75) is 0 Å². The highest BCUT2D eigenvalue weighted by molar-refractivity contribution is 6.36. The molecule has 0 radical (unpaired) electrons. The van der Waals surface area contributed by atoms with E-state index < -0.39 is 15.8 Å². The van der Waals surface area contributed by atoms with Crippen molar-refractivity contribution in [3.8, 4) is 0 Å². The van der Waals surface area contributed by atoms with Crippen LogP contribution in [0.4, 0.5) is 17.1 Å². The summed E-state index contributed by atoms with van der Waals surface area (Å²) >= 11 is 11.7. The topological polar surface area (TPSA) is 115 Å². The summed E-state index contributed by atoms with van der Waals surface area (Å²) in [6.07, 6.45) is 0. The maximum absolute atomic E-state index is 12.2. The molecule has 0 saturated heterocycles. The number of hydrogen-bond donors (Lipinski definition) is 1. The number of amides is 1. The summed E-state index contributed by atoms with van der Waals surface area (Å²) in [4.78, 5) is 32.4. The molecular weight excluding hydrogens is 349 g/mol. The number of nitrogens with one attached hydrogen (secondary N) is 1. The Morgan fingerprint density at radius 1 is 0.913 bits per heavy atom. The fraction of sp³-hybridized carbons (Fsp3) is 0. The van der Waals surface area contributed by atoms with Crippen molar-refractivity contribution in [1.82, 2.24) is 0 Å². The van der Waals surface area contributed by atoms with E-state index in [1.54, 1.807) is 0 Å². The largest absolute Gasteiger partial charge is 0.320 e. The molecule has 0 bridgehead atoms. The van der Waals surface area contributed by atoms with Crippen molar-refractivity contribution in [1.29, 1.82) is 0 Å². The van der Waals surface area contributed by atoms with Gasteiger partial charge in [0.15, 0.2) is 0 Å². The standard InChI is InChI=1S/C13H7Cl2N3O5/c14-10-3-1-7(17(20)21)5-9(10)13(19)16-12-6-8(18(22)23)2-4-11(12)15/h1-6H,(H,16,19). The predicted molar refractivity (Wildman–Crippen MR) is 84.2 cm³/mol. The predicted octanol–water partition coefficient (Wildman–Crippen LogP) is 4.06. The summed E-state index contributed by atoms with van der Waals surface area (Å²) in [7, 11) is 0. The van der Waals surface area contributed by atoms with E-state index in [0.717, 1.165) is 18.2 Å². The maximum Gasteiger partial charge on any atom is 0.271 e. The highest BCUT2D eigenvalue weighted by Gasteiger charge is 2.18. The van der Waals surface area contributed by atoms with Crippen LogP contribution in [0.15, 0.2) is 36.4 Å². The second-order valence-corrected chi connectivity index (χ2v) is 5.11. The Labute approximate surface area is 138 Å². The number of carbonyl (C=O) groups is 1. The number of nitrogens with zero attached hydrogens (tertiary/aromatic N) is 2. The monoisotopic (exact) mass is 355 g/mol. The van der Waals surface area contributed by atoms with Crippen LogP contribution in [-0.4, -0.2) is 15.8 Å². The molecule has 0 atom stereocenters. The van der Waals surface area contributed by atoms with Crippen molar-refractivity contribution >= 4 is 46.2 Å². The number of anilines is 1. The molecule has 0 unspecified atom stereocenters. The van der Waals surface area contributed by atoms with E-state index in [2.05, 4.69) is 5.32 Å². The van der Waals surface area contributed by atoms with Crippen LogP contribution in [0, 0.1) is 20.2 Å². The Morgan fingerprint density at radius 3 is 2.00 bits per heavy atom. The molecule has 8 nitrogen and oxygen atoms in total. The van der Waals surface area contributed by atoms with E-state index >= 15 is 0 Å². The number of rotatable bonds is 4. The third-order valence-electron chi connectivity index (χ3n) is 2.81. The van der Waals surface area contributed by atoms with Gasteiger partial charge in [-0.25, -0.2) is 0 Å². The van der Waals surface area contributed by atoms with E-state index in [-0.39, 0.29) is 32.7 Å². The molecule has 2 aromatic rings. The van der Waals surface area contributed by atoms with E-state index in [0.29, 0.717) is 0 Å². The van der Waals surface area contributed by atoms with Crippen LogP contribution in [0.1, 0.15) is 10.4 Å². The lowest BCUT2D eigenvalue weighted by molar-refractivity contribution is -0.385. The Hall–Kier alpha value is -2.71. The third kappa shape index (κ3) is 3.74. The van der Waals surface area contributed by atoms with Crippen LogP contribution in [0.5, 0.6) is 0 Å². The number of non-ortho nitro benzene ring substituents is 2. The molecule has 0 saturated carbocycles. The summed E-state index contributed by atoms with van der Waals surface area (Å²) in [5.74, 6) is -0.777. The number of hydrogen-bond acceptors (Lipinski definition) is 5. The van der Waals surface area contributed by atoms with E-state index in [1.165, 1.54) is 18.2 Å². The Morgan fingerprint density at radius 2 is 1.43 bits per heavy atom. The molecule has 118 valence electrons. The van der Waals surface area contributed by atoms with Gasteiger partial charge in [0, 0.05) is 24.3 Å². The lowest BCUT2D eigenvalue weighted by Crippen LogP contribution is -2.13.